The normalized spacial score (nSPS) is 29.1. The number of amides is 2. The van der Waals surface area contributed by atoms with Crippen molar-refractivity contribution in [3.05, 3.63) is 46.5 Å². The molecule has 8 heteroatoms. The summed E-state index contributed by atoms with van der Waals surface area (Å²) in [6, 6.07) is 7.35. The van der Waals surface area contributed by atoms with Crippen LogP contribution in [0.15, 0.2) is 45.4 Å². The van der Waals surface area contributed by atoms with Gasteiger partial charge in [0.1, 0.15) is 11.8 Å². The average Bonchev–Trinajstić information content (AvgIpc) is 3.53. The zero-order chi connectivity index (χ0) is 20.7. The monoisotopic (exact) mass is 426 g/mol. The summed E-state index contributed by atoms with van der Waals surface area (Å²) >= 11 is 1.61. The quantitative estimate of drug-likeness (QED) is 0.795. The number of furan rings is 1. The van der Waals surface area contributed by atoms with E-state index in [-0.39, 0.29) is 36.5 Å². The van der Waals surface area contributed by atoms with E-state index in [1.54, 1.807) is 22.6 Å². The van der Waals surface area contributed by atoms with Gasteiger partial charge in [-0.15, -0.1) is 11.3 Å². The Labute approximate surface area is 179 Å². The minimum Gasteiger partial charge on any atom is -0.467 e. The predicted molar refractivity (Wildman–Crippen MR) is 114 cm³/mol. The van der Waals surface area contributed by atoms with Crippen LogP contribution >= 0.6 is 11.3 Å². The molecule has 2 fully saturated rings. The van der Waals surface area contributed by atoms with Crippen LogP contribution < -0.4 is 5.73 Å². The Balaban J connectivity index is 1.40. The summed E-state index contributed by atoms with van der Waals surface area (Å²) in [6.07, 6.45) is 7.46. The molecular weight excluding hydrogens is 400 g/mol. The Bertz CT molecular complexity index is 940. The van der Waals surface area contributed by atoms with Crippen LogP contribution in [0, 0.1) is 5.92 Å². The Morgan fingerprint density at radius 1 is 1.23 bits per heavy atom. The lowest BCUT2D eigenvalue weighted by molar-refractivity contribution is -0.136. The minimum atomic E-state index is -0.368. The number of nitrogens with two attached hydrogens (primary N) is 1. The van der Waals surface area contributed by atoms with E-state index in [2.05, 4.69) is 0 Å². The lowest BCUT2D eigenvalue weighted by Crippen LogP contribution is -2.49. The molecule has 2 aliphatic heterocycles. The van der Waals surface area contributed by atoms with Crippen molar-refractivity contribution in [2.24, 2.45) is 16.8 Å². The fourth-order valence-corrected chi connectivity index (χ4v) is 6.04. The maximum absolute atomic E-state index is 13.5. The number of thiophene rings is 1. The molecule has 7 nitrogen and oxygen atoms in total. The number of carbonyl (C=O) groups is 2. The first-order chi connectivity index (χ1) is 14.6. The minimum absolute atomic E-state index is 0.111. The fourth-order valence-electron chi connectivity index (χ4n) is 5.32. The summed E-state index contributed by atoms with van der Waals surface area (Å²) in [5, 5.41) is 8.26. The van der Waals surface area contributed by atoms with Gasteiger partial charge >= 0.3 is 0 Å². The fraction of sp³-hybridized carbons (Fsp3) is 0.500. The van der Waals surface area contributed by atoms with E-state index >= 15 is 0 Å². The third-order valence-electron chi connectivity index (χ3n) is 6.71. The molecule has 2 aromatic rings. The lowest BCUT2D eigenvalue weighted by Gasteiger charge is -2.33. The molecule has 30 heavy (non-hydrogen) atoms. The van der Waals surface area contributed by atoms with Crippen molar-refractivity contribution >= 4 is 28.9 Å². The maximum Gasteiger partial charge on any atom is 0.257 e. The van der Waals surface area contributed by atoms with Crippen molar-refractivity contribution < 1.29 is 14.0 Å². The van der Waals surface area contributed by atoms with Gasteiger partial charge in [-0.05, 0) is 48.8 Å². The van der Waals surface area contributed by atoms with Crippen molar-refractivity contribution in [2.45, 2.75) is 56.7 Å². The first-order valence-electron chi connectivity index (χ1n) is 10.6. The van der Waals surface area contributed by atoms with Crippen molar-refractivity contribution in [3.8, 4) is 0 Å². The Morgan fingerprint density at radius 2 is 2.10 bits per heavy atom. The number of hydrogen-bond acceptors (Lipinski definition) is 6. The largest absolute Gasteiger partial charge is 0.467 e. The standard InChI is InChI=1S/C22H26N4O3S/c23-22(28)18-11-14-5-1-2-6-16(14)25(18)13-21(27)26-17(19-7-3-9-29-19)12-15(24-26)20-8-4-10-30-20/h3-4,7-10,14,16-18H,1-2,5-6,11-13H2,(H2,23,28)/t14-,16-,17-,18-/m0/s1. The van der Waals surface area contributed by atoms with Crippen LogP contribution in [0.5, 0.6) is 0 Å². The van der Waals surface area contributed by atoms with Crippen molar-refractivity contribution in [1.82, 2.24) is 9.91 Å². The zero-order valence-electron chi connectivity index (χ0n) is 16.8. The van der Waals surface area contributed by atoms with Gasteiger partial charge in [0.05, 0.1) is 29.4 Å². The molecule has 4 atom stereocenters. The number of nitrogens with zero attached hydrogens (tertiary/aromatic N) is 3. The van der Waals surface area contributed by atoms with E-state index in [4.69, 9.17) is 15.3 Å². The third kappa shape index (κ3) is 3.48. The van der Waals surface area contributed by atoms with Gasteiger partial charge in [0.2, 0.25) is 5.91 Å². The molecule has 1 saturated carbocycles. The average molecular weight is 427 g/mol. The van der Waals surface area contributed by atoms with Gasteiger partial charge in [-0.25, -0.2) is 5.01 Å². The van der Waals surface area contributed by atoms with Crippen LogP contribution in [0.2, 0.25) is 0 Å². The van der Waals surface area contributed by atoms with E-state index in [0.29, 0.717) is 12.3 Å². The Kier molecular flexibility index (Phi) is 5.20. The summed E-state index contributed by atoms with van der Waals surface area (Å²) < 4.78 is 5.63. The molecule has 1 saturated heterocycles. The molecule has 0 radical (unpaired) electrons. The van der Waals surface area contributed by atoms with E-state index in [1.165, 1.54) is 6.42 Å². The molecule has 1 aliphatic carbocycles. The van der Waals surface area contributed by atoms with Crippen LogP contribution in [-0.4, -0.2) is 46.1 Å². The van der Waals surface area contributed by atoms with Crippen molar-refractivity contribution in [2.75, 3.05) is 6.54 Å². The lowest BCUT2D eigenvalue weighted by atomic mass is 9.84. The third-order valence-corrected chi connectivity index (χ3v) is 7.63. The Morgan fingerprint density at radius 3 is 2.83 bits per heavy atom. The van der Waals surface area contributed by atoms with E-state index in [0.717, 1.165) is 42.0 Å². The van der Waals surface area contributed by atoms with Crippen LogP contribution in [0.1, 0.15) is 55.2 Å². The van der Waals surface area contributed by atoms with Gasteiger partial charge in [-0.1, -0.05) is 18.9 Å². The number of carbonyl (C=O) groups excluding carboxylic acids is 2. The van der Waals surface area contributed by atoms with Gasteiger partial charge < -0.3 is 10.2 Å². The van der Waals surface area contributed by atoms with Crippen LogP contribution in [0.3, 0.4) is 0 Å². The zero-order valence-corrected chi connectivity index (χ0v) is 17.6. The van der Waals surface area contributed by atoms with Gasteiger partial charge in [-0.3, -0.25) is 14.5 Å². The second kappa shape index (κ2) is 8.00. The number of hydrogen-bond donors (Lipinski definition) is 1. The highest BCUT2D eigenvalue weighted by Gasteiger charge is 2.46. The second-order valence-electron chi connectivity index (χ2n) is 8.44. The van der Waals surface area contributed by atoms with E-state index in [9.17, 15) is 9.59 Å². The first-order valence-corrected chi connectivity index (χ1v) is 11.5. The SMILES string of the molecule is NC(=O)[C@@H]1C[C@@H]2CCCC[C@@H]2N1CC(=O)N1N=C(c2cccs2)C[C@H]1c1ccco1. The number of fused-ring (bicyclic) bond motifs is 1. The summed E-state index contributed by atoms with van der Waals surface area (Å²) in [6.45, 7) is 0.160. The number of likely N-dealkylation sites (tertiary alicyclic amines) is 1. The Hall–Kier alpha value is -2.45. The van der Waals surface area contributed by atoms with Gasteiger partial charge in [0.25, 0.3) is 5.91 Å². The summed E-state index contributed by atoms with van der Waals surface area (Å²) in [4.78, 5) is 28.7. The van der Waals surface area contributed by atoms with Crippen molar-refractivity contribution in [1.29, 1.82) is 0 Å². The summed E-state index contributed by atoms with van der Waals surface area (Å²) in [7, 11) is 0. The van der Waals surface area contributed by atoms with E-state index in [1.807, 2.05) is 34.5 Å². The molecule has 5 rings (SSSR count). The topological polar surface area (TPSA) is 92.1 Å². The second-order valence-corrected chi connectivity index (χ2v) is 9.38. The molecule has 0 spiro atoms. The van der Waals surface area contributed by atoms with Gasteiger partial charge in [0, 0.05) is 12.5 Å². The maximum atomic E-state index is 13.5. The molecule has 0 aromatic carbocycles. The molecule has 0 unspecified atom stereocenters. The van der Waals surface area contributed by atoms with Gasteiger partial charge in [-0.2, -0.15) is 5.10 Å². The molecule has 2 aromatic heterocycles. The molecule has 3 aliphatic rings. The smallest absolute Gasteiger partial charge is 0.257 e. The highest BCUT2D eigenvalue weighted by Crippen LogP contribution is 2.40. The van der Waals surface area contributed by atoms with Crippen LogP contribution in [0.25, 0.3) is 0 Å². The molecule has 158 valence electrons. The highest BCUT2D eigenvalue weighted by molar-refractivity contribution is 7.12. The van der Waals surface area contributed by atoms with Crippen LogP contribution in [0.4, 0.5) is 0 Å². The molecule has 2 amide bonds. The summed E-state index contributed by atoms with van der Waals surface area (Å²) in [5.74, 6) is 0.736. The van der Waals surface area contributed by atoms with Crippen LogP contribution in [-0.2, 0) is 9.59 Å². The first kappa shape index (κ1) is 19.5. The molecule has 2 N–H and O–H groups in total. The number of rotatable bonds is 5. The molecule has 0 bridgehead atoms. The van der Waals surface area contributed by atoms with Gasteiger partial charge in [0.15, 0.2) is 0 Å². The predicted octanol–water partition coefficient (Wildman–Crippen LogP) is 3.14. The van der Waals surface area contributed by atoms with Crippen molar-refractivity contribution in [3.63, 3.8) is 0 Å². The molecular formula is C22H26N4O3S. The highest BCUT2D eigenvalue weighted by atomic mass is 32.1. The number of hydrazone groups is 1. The molecule has 4 heterocycles. The number of primary amides is 1. The summed E-state index contributed by atoms with van der Waals surface area (Å²) in [5.41, 5.74) is 6.61. The van der Waals surface area contributed by atoms with E-state index < -0.39 is 0 Å².